The first-order chi connectivity index (χ1) is 8.50. The summed E-state index contributed by atoms with van der Waals surface area (Å²) in [5, 5.41) is 5.67. The fourth-order valence-corrected chi connectivity index (χ4v) is 1.38. The number of hydrogen-bond acceptors (Lipinski definition) is 2. The Morgan fingerprint density at radius 3 is 2.67 bits per heavy atom. The minimum absolute atomic E-state index is 0.0197. The maximum absolute atomic E-state index is 13.2. The van der Waals surface area contributed by atoms with Crippen LogP contribution in [0.3, 0.4) is 0 Å². The van der Waals surface area contributed by atoms with E-state index in [1.807, 2.05) is 13.8 Å². The van der Waals surface area contributed by atoms with E-state index < -0.39 is 11.6 Å². The van der Waals surface area contributed by atoms with Crippen LogP contribution < -0.4 is 10.6 Å². The third-order valence-electron chi connectivity index (χ3n) is 2.45. The number of benzene rings is 1. The van der Waals surface area contributed by atoms with Crippen molar-refractivity contribution in [3.05, 3.63) is 35.4 Å². The predicted octanol–water partition coefficient (Wildman–Crippen LogP) is 1.83. The van der Waals surface area contributed by atoms with Gasteiger partial charge in [-0.3, -0.25) is 4.79 Å². The molecular weight excluding hydrogens is 238 g/mol. The zero-order valence-corrected chi connectivity index (χ0v) is 10.6. The number of carbonyl (C=O) groups is 1. The summed E-state index contributed by atoms with van der Waals surface area (Å²) < 4.78 is 26.1. The average molecular weight is 256 g/mol. The van der Waals surface area contributed by atoms with Crippen molar-refractivity contribution in [2.24, 2.45) is 5.92 Å². The van der Waals surface area contributed by atoms with Crippen LogP contribution in [0, 0.1) is 17.6 Å². The second-order valence-corrected chi connectivity index (χ2v) is 4.36. The van der Waals surface area contributed by atoms with Gasteiger partial charge in [-0.2, -0.15) is 0 Å². The number of hydrogen-bond donors (Lipinski definition) is 2. The normalized spacial score (nSPS) is 10.7. The molecule has 1 aromatic rings. The molecular formula is C13H18F2N2O. The van der Waals surface area contributed by atoms with Crippen molar-refractivity contribution in [1.82, 2.24) is 10.6 Å². The van der Waals surface area contributed by atoms with Gasteiger partial charge < -0.3 is 10.6 Å². The van der Waals surface area contributed by atoms with Crippen LogP contribution in [0.2, 0.25) is 0 Å². The topological polar surface area (TPSA) is 41.1 Å². The zero-order chi connectivity index (χ0) is 13.5. The van der Waals surface area contributed by atoms with Crippen LogP contribution in [0.4, 0.5) is 8.78 Å². The van der Waals surface area contributed by atoms with Crippen LogP contribution in [0.15, 0.2) is 18.2 Å². The highest BCUT2D eigenvalue weighted by molar-refractivity contribution is 5.77. The van der Waals surface area contributed by atoms with Gasteiger partial charge >= 0.3 is 0 Å². The van der Waals surface area contributed by atoms with Gasteiger partial charge in [-0.25, -0.2) is 8.78 Å². The summed E-state index contributed by atoms with van der Waals surface area (Å²) >= 11 is 0. The van der Waals surface area contributed by atoms with Gasteiger partial charge in [-0.1, -0.05) is 13.8 Å². The lowest BCUT2D eigenvalue weighted by molar-refractivity contribution is -0.123. The minimum atomic E-state index is -0.457. The summed E-state index contributed by atoms with van der Waals surface area (Å²) in [5.41, 5.74) is 0.283. The number of nitrogens with one attached hydrogen (secondary N) is 2. The van der Waals surface area contributed by atoms with Crippen molar-refractivity contribution < 1.29 is 13.6 Å². The Kier molecular flexibility index (Phi) is 5.71. The zero-order valence-electron chi connectivity index (χ0n) is 10.6. The van der Waals surface area contributed by atoms with Crippen LogP contribution in [0.5, 0.6) is 0 Å². The molecule has 0 radical (unpaired) electrons. The van der Waals surface area contributed by atoms with Crippen LogP contribution in [-0.4, -0.2) is 19.0 Å². The van der Waals surface area contributed by atoms with E-state index in [2.05, 4.69) is 10.6 Å². The number of rotatable bonds is 6. The van der Waals surface area contributed by atoms with Gasteiger partial charge in [0.1, 0.15) is 11.6 Å². The molecule has 5 heteroatoms. The molecule has 1 amide bonds. The lowest BCUT2D eigenvalue weighted by Crippen LogP contribution is -2.34. The number of amides is 1. The molecule has 0 aliphatic rings. The Morgan fingerprint density at radius 1 is 1.28 bits per heavy atom. The Labute approximate surface area is 106 Å². The second kappa shape index (κ2) is 7.06. The highest BCUT2D eigenvalue weighted by atomic mass is 19.1. The molecule has 1 rings (SSSR count). The maximum atomic E-state index is 13.2. The number of halogens is 2. The first-order valence-electron chi connectivity index (χ1n) is 5.93. The summed E-state index contributed by atoms with van der Waals surface area (Å²) in [7, 11) is 0. The van der Waals surface area contributed by atoms with Crippen LogP contribution in [0.25, 0.3) is 0 Å². The molecule has 0 heterocycles. The first-order valence-corrected chi connectivity index (χ1v) is 5.93. The Balaban J connectivity index is 2.26. The molecule has 0 bridgehead atoms. The van der Waals surface area contributed by atoms with Gasteiger partial charge in [-0.05, 0) is 18.2 Å². The van der Waals surface area contributed by atoms with Crippen molar-refractivity contribution in [3.8, 4) is 0 Å². The van der Waals surface area contributed by atoms with Gasteiger partial charge in [0.15, 0.2) is 0 Å². The fraction of sp³-hybridized carbons (Fsp3) is 0.462. The largest absolute Gasteiger partial charge is 0.355 e. The van der Waals surface area contributed by atoms with Crippen LogP contribution in [-0.2, 0) is 11.3 Å². The average Bonchev–Trinajstić information content (AvgIpc) is 2.32. The van der Waals surface area contributed by atoms with E-state index >= 15 is 0 Å². The summed E-state index contributed by atoms with van der Waals surface area (Å²) in [6.45, 7) is 4.83. The summed E-state index contributed by atoms with van der Waals surface area (Å²) in [6.07, 6.45) is 0. The smallest absolute Gasteiger partial charge is 0.222 e. The van der Waals surface area contributed by atoms with Gasteiger partial charge in [0.2, 0.25) is 5.91 Å². The van der Waals surface area contributed by atoms with Gasteiger partial charge in [0.25, 0.3) is 0 Å². The van der Waals surface area contributed by atoms with Gasteiger partial charge in [0, 0.05) is 31.1 Å². The molecule has 0 unspecified atom stereocenters. The molecule has 0 aliphatic carbocycles. The monoisotopic (exact) mass is 256 g/mol. The Hall–Kier alpha value is -1.49. The molecule has 100 valence electrons. The van der Waals surface area contributed by atoms with Gasteiger partial charge in [-0.15, -0.1) is 0 Å². The molecule has 0 aromatic heterocycles. The minimum Gasteiger partial charge on any atom is -0.355 e. The third-order valence-corrected chi connectivity index (χ3v) is 2.45. The Morgan fingerprint density at radius 2 is 2.00 bits per heavy atom. The molecule has 1 aromatic carbocycles. The fourth-order valence-electron chi connectivity index (χ4n) is 1.38. The van der Waals surface area contributed by atoms with E-state index in [4.69, 9.17) is 0 Å². The van der Waals surface area contributed by atoms with E-state index in [1.165, 1.54) is 0 Å². The molecule has 3 nitrogen and oxygen atoms in total. The standard InChI is InChI=1S/C13H18F2N2O/c1-9(2)13(18)17-6-5-16-8-10-7-11(14)3-4-12(10)15/h3-4,7,9,16H,5-6,8H2,1-2H3,(H,17,18). The SMILES string of the molecule is CC(C)C(=O)NCCNCc1cc(F)ccc1F. The van der Waals surface area contributed by atoms with Crippen molar-refractivity contribution in [1.29, 1.82) is 0 Å². The molecule has 0 saturated heterocycles. The predicted molar refractivity (Wildman–Crippen MR) is 65.9 cm³/mol. The summed E-state index contributed by atoms with van der Waals surface area (Å²) in [5.74, 6) is -0.962. The van der Waals surface area contributed by atoms with Crippen molar-refractivity contribution in [3.63, 3.8) is 0 Å². The molecule has 2 N–H and O–H groups in total. The second-order valence-electron chi connectivity index (χ2n) is 4.36. The molecule has 0 atom stereocenters. The molecule has 0 fully saturated rings. The first kappa shape index (κ1) is 14.6. The van der Waals surface area contributed by atoms with Crippen LogP contribution >= 0.6 is 0 Å². The third kappa shape index (κ3) is 4.79. The maximum Gasteiger partial charge on any atom is 0.222 e. The van der Waals surface area contributed by atoms with E-state index in [-0.39, 0.29) is 23.9 Å². The quantitative estimate of drug-likeness (QED) is 0.762. The van der Waals surface area contributed by atoms with Crippen molar-refractivity contribution >= 4 is 5.91 Å². The molecule has 0 spiro atoms. The lowest BCUT2D eigenvalue weighted by Gasteiger charge is -2.09. The van der Waals surface area contributed by atoms with E-state index in [1.54, 1.807) is 0 Å². The molecule has 0 saturated carbocycles. The van der Waals surface area contributed by atoms with Crippen molar-refractivity contribution in [2.45, 2.75) is 20.4 Å². The van der Waals surface area contributed by atoms with Gasteiger partial charge in [0.05, 0.1) is 0 Å². The summed E-state index contributed by atoms with van der Waals surface area (Å²) in [6, 6.07) is 3.35. The van der Waals surface area contributed by atoms with Crippen LogP contribution in [0.1, 0.15) is 19.4 Å². The Bertz CT molecular complexity index is 408. The molecule has 18 heavy (non-hydrogen) atoms. The number of carbonyl (C=O) groups excluding carboxylic acids is 1. The van der Waals surface area contributed by atoms with E-state index in [0.717, 1.165) is 18.2 Å². The molecule has 0 aliphatic heterocycles. The highest BCUT2D eigenvalue weighted by Crippen LogP contribution is 2.08. The van der Waals surface area contributed by atoms with Crippen molar-refractivity contribution in [2.75, 3.05) is 13.1 Å². The highest BCUT2D eigenvalue weighted by Gasteiger charge is 2.05. The van der Waals surface area contributed by atoms with E-state index in [0.29, 0.717) is 13.1 Å². The summed E-state index contributed by atoms with van der Waals surface area (Å²) in [4.78, 5) is 11.2. The van der Waals surface area contributed by atoms with E-state index in [9.17, 15) is 13.6 Å². The lowest BCUT2D eigenvalue weighted by atomic mass is 10.2.